The van der Waals surface area contributed by atoms with Crippen molar-refractivity contribution >= 4 is 23.3 Å². The summed E-state index contributed by atoms with van der Waals surface area (Å²) in [5.74, 6) is -1.03. The van der Waals surface area contributed by atoms with Crippen molar-refractivity contribution in [2.24, 2.45) is 0 Å². The Hall–Kier alpha value is -1.56. The first-order valence-corrected chi connectivity index (χ1v) is 6.01. The number of hydrogen-bond acceptors (Lipinski definition) is 3. The number of rotatable bonds is 4. The fourth-order valence-corrected chi connectivity index (χ4v) is 2.21. The first kappa shape index (κ1) is 13.5. The third-order valence-corrected chi connectivity index (χ3v) is 3.43. The number of thiophene rings is 1. The van der Waals surface area contributed by atoms with Crippen LogP contribution in [-0.2, 0) is 4.79 Å². The molecule has 5 nitrogen and oxygen atoms in total. The van der Waals surface area contributed by atoms with Crippen molar-refractivity contribution in [2.75, 3.05) is 13.6 Å². The Morgan fingerprint density at radius 1 is 1.53 bits per heavy atom. The molecular weight excluding hydrogens is 240 g/mol. The quantitative estimate of drug-likeness (QED) is 0.863. The maximum atomic E-state index is 11.6. The van der Waals surface area contributed by atoms with E-state index in [4.69, 9.17) is 5.11 Å². The van der Waals surface area contributed by atoms with Gasteiger partial charge in [-0.2, -0.15) is 0 Å². The summed E-state index contributed by atoms with van der Waals surface area (Å²) in [6, 6.07) is 3.45. The number of aryl methyl sites for hydroxylation is 1. The fraction of sp³-hybridized carbons (Fsp3) is 0.455. The lowest BCUT2D eigenvalue weighted by Crippen LogP contribution is -2.40. The molecule has 1 atom stereocenters. The Morgan fingerprint density at radius 3 is 2.65 bits per heavy atom. The normalized spacial score (nSPS) is 11.9. The van der Waals surface area contributed by atoms with Crippen LogP contribution in [0.25, 0.3) is 0 Å². The topological polar surface area (TPSA) is 69.6 Å². The Labute approximate surface area is 104 Å². The maximum Gasteiger partial charge on any atom is 0.323 e. The van der Waals surface area contributed by atoms with Crippen LogP contribution in [0.4, 0.5) is 4.79 Å². The summed E-state index contributed by atoms with van der Waals surface area (Å²) in [5.41, 5.74) is 0. The molecular formula is C11H16N2O3S. The van der Waals surface area contributed by atoms with Gasteiger partial charge in [-0.1, -0.05) is 0 Å². The number of likely N-dealkylation sites (N-methyl/N-ethyl adjacent to an activating group) is 1. The lowest BCUT2D eigenvalue weighted by Gasteiger charge is -2.19. The summed E-state index contributed by atoms with van der Waals surface area (Å²) in [7, 11) is 1.45. The number of amides is 2. The van der Waals surface area contributed by atoms with Crippen LogP contribution in [0, 0.1) is 6.92 Å². The van der Waals surface area contributed by atoms with E-state index in [1.165, 1.54) is 11.9 Å². The minimum atomic E-state index is -1.03. The highest BCUT2D eigenvalue weighted by Crippen LogP contribution is 2.22. The number of carboxylic acid groups (broad SMARTS) is 1. The molecule has 0 saturated carbocycles. The Kier molecular flexibility index (Phi) is 4.51. The predicted molar refractivity (Wildman–Crippen MR) is 66.3 cm³/mol. The summed E-state index contributed by atoms with van der Waals surface area (Å²) < 4.78 is 0. The molecule has 0 saturated heterocycles. The van der Waals surface area contributed by atoms with Crippen LogP contribution in [0.5, 0.6) is 0 Å². The van der Waals surface area contributed by atoms with Gasteiger partial charge in [0.25, 0.3) is 0 Å². The molecule has 2 N–H and O–H groups in total. The molecule has 1 heterocycles. The van der Waals surface area contributed by atoms with Crippen LogP contribution in [0.15, 0.2) is 12.1 Å². The van der Waals surface area contributed by atoms with Gasteiger partial charge in [-0.25, -0.2) is 4.79 Å². The second-order valence-electron chi connectivity index (χ2n) is 3.87. The highest BCUT2D eigenvalue weighted by molar-refractivity contribution is 7.12. The minimum Gasteiger partial charge on any atom is -0.480 e. The molecule has 0 fully saturated rings. The molecule has 1 rings (SSSR count). The minimum absolute atomic E-state index is 0.113. The van der Waals surface area contributed by atoms with Crippen LogP contribution in [-0.4, -0.2) is 35.6 Å². The molecule has 0 spiro atoms. The summed E-state index contributed by atoms with van der Waals surface area (Å²) in [6.45, 7) is 3.57. The van der Waals surface area contributed by atoms with Crippen molar-refractivity contribution < 1.29 is 14.7 Å². The molecule has 0 bridgehead atoms. The van der Waals surface area contributed by atoms with Gasteiger partial charge in [0.2, 0.25) is 0 Å². The lowest BCUT2D eigenvalue weighted by atomic mass is 10.3. The third kappa shape index (κ3) is 4.07. The zero-order valence-corrected chi connectivity index (χ0v) is 10.9. The molecule has 2 amide bonds. The molecule has 0 aromatic carbocycles. The molecule has 0 aliphatic carbocycles. The van der Waals surface area contributed by atoms with E-state index in [1.807, 2.05) is 26.0 Å². The lowest BCUT2D eigenvalue weighted by molar-refractivity contribution is -0.137. The maximum absolute atomic E-state index is 11.6. The molecule has 1 aromatic rings. The molecule has 0 aliphatic rings. The van der Waals surface area contributed by atoms with Crippen LogP contribution in [0.1, 0.15) is 22.7 Å². The Morgan fingerprint density at radius 2 is 2.18 bits per heavy atom. The predicted octanol–water partition coefficient (Wildman–Crippen LogP) is 1.84. The number of nitrogens with one attached hydrogen (secondary N) is 1. The largest absolute Gasteiger partial charge is 0.480 e. The van der Waals surface area contributed by atoms with Crippen molar-refractivity contribution in [1.82, 2.24) is 10.2 Å². The number of carbonyl (C=O) groups excluding carboxylic acids is 1. The van der Waals surface area contributed by atoms with Gasteiger partial charge in [0.1, 0.15) is 6.54 Å². The van der Waals surface area contributed by atoms with E-state index in [1.54, 1.807) is 11.3 Å². The molecule has 0 radical (unpaired) electrons. The standard InChI is InChI=1S/C11H16N2O3S/c1-7-4-5-9(17-7)8(2)12-11(16)13(3)6-10(14)15/h4-5,8H,6H2,1-3H3,(H,12,16)(H,14,15). The zero-order chi connectivity index (χ0) is 13.0. The second-order valence-corrected chi connectivity index (χ2v) is 5.19. The summed E-state index contributed by atoms with van der Waals surface area (Å²) in [6.07, 6.45) is 0. The average Bonchev–Trinajstić information content (AvgIpc) is 2.63. The highest BCUT2D eigenvalue weighted by atomic mass is 32.1. The van der Waals surface area contributed by atoms with Gasteiger partial charge in [-0.05, 0) is 26.0 Å². The van der Waals surface area contributed by atoms with Crippen LogP contribution < -0.4 is 5.32 Å². The van der Waals surface area contributed by atoms with E-state index in [0.717, 1.165) is 9.78 Å². The smallest absolute Gasteiger partial charge is 0.323 e. The van der Waals surface area contributed by atoms with Crippen LogP contribution in [0.3, 0.4) is 0 Å². The van der Waals surface area contributed by atoms with Crippen LogP contribution >= 0.6 is 11.3 Å². The molecule has 6 heteroatoms. The van der Waals surface area contributed by atoms with Crippen LogP contribution in [0.2, 0.25) is 0 Å². The van der Waals surface area contributed by atoms with Gasteiger partial charge in [-0.15, -0.1) is 11.3 Å². The van der Waals surface area contributed by atoms with Crippen molar-refractivity contribution in [3.63, 3.8) is 0 Å². The average molecular weight is 256 g/mol. The highest BCUT2D eigenvalue weighted by Gasteiger charge is 2.16. The van der Waals surface area contributed by atoms with Crippen molar-refractivity contribution in [3.8, 4) is 0 Å². The van der Waals surface area contributed by atoms with Crippen molar-refractivity contribution in [3.05, 3.63) is 21.9 Å². The number of aliphatic carboxylic acids is 1. The summed E-state index contributed by atoms with van der Waals surface area (Å²) >= 11 is 1.61. The Balaban J connectivity index is 2.53. The number of carboxylic acids is 1. The van der Waals surface area contributed by atoms with Gasteiger partial charge in [-0.3, -0.25) is 4.79 Å². The molecule has 1 unspecified atom stereocenters. The summed E-state index contributed by atoms with van der Waals surface area (Å²) in [5, 5.41) is 11.3. The fourth-order valence-electron chi connectivity index (χ4n) is 1.33. The molecule has 17 heavy (non-hydrogen) atoms. The zero-order valence-electron chi connectivity index (χ0n) is 10.1. The van der Waals surface area contributed by atoms with Gasteiger partial charge in [0.05, 0.1) is 6.04 Å². The molecule has 94 valence electrons. The van der Waals surface area contributed by atoms with Crippen molar-refractivity contribution in [1.29, 1.82) is 0 Å². The third-order valence-electron chi connectivity index (χ3n) is 2.25. The van der Waals surface area contributed by atoms with Gasteiger partial charge >= 0.3 is 12.0 Å². The Bertz CT molecular complexity index is 417. The van der Waals surface area contributed by atoms with E-state index in [-0.39, 0.29) is 18.6 Å². The monoisotopic (exact) mass is 256 g/mol. The number of urea groups is 1. The van der Waals surface area contributed by atoms with E-state index in [0.29, 0.717) is 0 Å². The van der Waals surface area contributed by atoms with Gasteiger partial charge in [0.15, 0.2) is 0 Å². The van der Waals surface area contributed by atoms with E-state index in [9.17, 15) is 9.59 Å². The molecule has 0 aliphatic heterocycles. The van der Waals surface area contributed by atoms with E-state index in [2.05, 4.69) is 5.32 Å². The van der Waals surface area contributed by atoms with Gasteiger partial charge < -0.3 is 15.3 Å². The second kappa shape index (κ2) is 5.67. The number of nitrogens with zero attached hydrogens (tertiary/aromatic N) is 1. The van der Waals surface area contributed by atoms with E-state index < -0.39 is 5.97 Å². The van der Waals surface area contributed by atoms with Gasteiger partial charge in [0, 0.05) is 16.8 Å². The molecule has 1 aromatic heterocycles. The van der Waals surface area contributed by atoms with Crippen molar-refractivity contribution in [2.45, 2.75) is 19.9 Å². The number of carbonyl (C=O) groups is 2. The number of hydrogen-bond donors (Lipinski definition) is 2. The SMILES string of the molecule is Cc1ccc(C(C)NC(=O)N(C)CC(=O)O)s1. The van der Waals surface area contributed by atoms with E-state index >= 15 is 0 Å². The first-order valence-electron chi connectivity index (χ1n) is 5.20. The summed E-state index contributed by atoms with van der Waals surface area (Å²) in [4.78, 5) is 25.5. The first-order chi connectivity index (χ1) is 7.90.